The topological polar surface area (TPSA) is 78.4 Å². The molecule has 1 aliphatic rings. The third kappa shape index (κ3) is 5.49. The molecule has 1 saturated heterocycles. The van der Waals surface area contributed by atoms with Gasteiger partial charge in [-0.2, -0.15) is 8.42 Å². The predicted octanol–water partition coefficient (Wildman–Crippen LogP) is 0.499. The molecule has 7 heteroatoms. The van der Waals surface area contributed by atoms with E-state index in [4.69, 9.17) is 4.55 Å². The lowest BCUT2D eigenvalue weighted by Gasteiger charge is -2.34. The average Bonchev–Trinajstić information content (AvgIpc) is 2.17. The SMILES string of the molecule is CC1CNC(SCCCS(=O)(=O)O)NC1C. The molecule has 3 atom stereocenters. The molecular formula is C9H20N2O3S2. The van der Waals surface area contributed by atoms with Gasteiger partial charge in [0.25, 0.3) is 10.1 Å². The minimum atomic E-state index is -3.80. The first-order valence-electron chi connectivity index (χ1n) is 5.44. The molecule has 96 valence electrons. The summed E-state index contributed by atoms with van der Waals surface area (Å²) in [6.45, 7) is 5.31. The van der Waals surface area contributed by atoms with Gasteiger partial charge in [-0.1, -0.05) is 6.92 Å². The van der Waals surface area contributed by atoms with E-state index >= 15 is 0 Å². The molecule has 0 bridgehead atoms. The molecule has 3 N–H and O–H groups in total. The number of thioether (sulfide) groups is 1. The summed E-state index contributed by atoms with van der Waals surface area (Å²) in [6, 6.07) is 0.473. The highest BCUT2D eigenvalue weighted by Gasteiger charge is 2.22. The summed E-state index contributed by atoms with van der Waals surface area (Å²) in [6.07, 6.45) is 0.479. The second-order valence-corrected chi connectivity index (χ2v) is 7.02. The molecule has 1 aliphatic heterocycles. The minimum Gasteiger partial charge on any atom is -0.293 e. The van der Waals surface area contributed by atoms with Gasteiger partial charge in [-0.3, -0.25) is 15.2 Å². The van der Waals surface area contributed by atoms with Crippen molar-refractivity contribution in [2.75, 3.05) is 18.1 Å². The van der Waals surface area contributed by atoms with E-state index in [9.17, 15) is 8.42 Å². The van der Waals surface area contributed by atoms with Crippen LogP contribution in [0.5, 0.6) is 0 Å². The fraction of sp³-hybridized carbons (Fsp3) is 1.00. The van der Waals surface area contributed by atoms with Crippen LogP contribution in [-0.4, -0.2) is 42.6 Å². The Morgan fingerprint density at radius 1 is 1.44 bits per heavy atom. The van der Waals surface area contributed by atoms with Gasteiger partial charge >= 0.3 is 0 Å². The van der Waals surface area contributed by atoms with Crippen molar-refractivity contribution in [3.8, 4) is 0 Å². The molecule has 0 saturated carbocycles. The maximum absolute atomic E-state index is 10.5. The van der Waals surface area contributed by atoms with E-state index in [1.807, 2.05) is 0 Å². The van der Waals surface area contributed by atoms with Gasteiger partial charge in [0.2, 0.25) is 0 Å². The smallest absolute Gasteiger partial charge is 0.264 e. The molecule has 1 heterocycles. The van der Waals surface area contributed by atoms with E-state index in [-0.39, 0.29) is 11.3 Å². The van der Waals surface area contributed by atoms with Crippen LogP contribution in [0, 0.1) is 5.92 Å². The fourth-order valence-electron chi connectivity index (χ4n) is 1.48. The Morgan fingerprint density at radius 3 is 2.69 bits per heavy atom. The molecule has 0 aromatic heterocycles. The standard InChI is InChI=1S/C9H20N2O3S2/c1-7-6-10-9(11-8(7)2)15-4-3-5-16(12,13)14/h7-11H,3-6H2,1-2H3,(H,12,13,14). The highest BCUT2D eigenvalue weighted by Crippen LogP contribution is 2.15. The Bertz CT molecular complexity index is 308. The van der Waals surface area contributed by atoms with Gasteiger partial charge in [0.15, 0.2) is 0 Å². The van der Waals surface area contributed by atoms with Crippen LogP contribution in [0.4, 0.5) is 0 Å². The normalized spacial score (nSPS) is 31.6. The van der Waals surface area contributed by atoms with Gasteiger partial charge in [0, 0.05) is 12.6 Å². The molecular weight excluding hydrogens is 248 g/mol. The summed E-state index contributed by atoms with van der Waals surface area (Å²) in [5.74, 6) is 1.17. The lowest BCUT2D eigenvalue weighted by Crippen LogP contribution is -2.55. The van der Waals surface area contributed by atoms with Gasteiger partial charge in [0.05, 0.1) is 5.75 Å². The van der Waals surface area contributed by atoms with Gasteiger partial charge in [-0.05, 0) is 25.0 Å². The quantitative estimate of drug-likeness (QED) is 0.498. The van der Waals surface area contributed by atoms with Gasteiger partial charge in [-0.25, -0.2) is 0 Å². The third-order valence-corrected chi connectivity index (χ3v) is 4.69. The van der Waals surface area contributed by atoms with Crippen LogP contribution in [0.3, 0.4) is 0 Å². The lowest BCUT2D eigenvalue weighted by molar-refractivity contribution is 0.297. The second kappa shape index (κ2) is 6.20. The Balaban J connectivity index is 2.14. The van der Waals surface area contributed by atoms with Gasteiger partial charge in [-0.15, -0.1) is 11.8 Å². The maximum atomic E-state index is 10.5. The Hall–Kier alpha value is 0.180. The Morgan fingerprint density at radius 2 is 2.12 bits per heavy atom. The van der Waals surface area contributed by atoms with Crippen molar-refractivity contribution < 1.29 is 13.0 Å². The number of hydrogen-bond donors (Lipinski definition) is 3. The summed E-state index contributed by atoms with van der Waals surface area (Å²) in [4.78, 5) is 0. The highest BCUT2D eigenvalue weighted by molar-refractivity contribution is 7.99. The van der Waals surface area contributed by atoms with Gasteiger partial charge < -0.3 is 0 Å². The average molecular weight is 268 g/mol. The molecule has 0 aromatic carbocycles. The van der Waals surface area contributed by atoms with Crippen molar-refractivity contribution in [3.05, 3.63) is 0 Å². The Kier molecular flexibility index (Phi) is 5.52. The van der Waals surface area contributed by atoms with E-state index in [1.54, 1.807) is 11.8 Å². The maximum Gasteiger partial charge on any atom is 0.264 e. The number of hydrogen-bond acceptors (Lipinski definition) is 5. The molecule has 5 nitrogen and oxygen atoms in total. The highest BCUT2D eigenvalue weighted by atomic mass is 32.2. The summed E-state index contributed by atoms with van der Waals surface area (Å²) in [5.41, 5.74) is 0.188. The summed E-state index contributed by atoms with van der Waals surface area (Å²) < 4.78 is 29.5. The second-order valence-electron chi connectivity index (χ2n) is 4.23. The first kappa shape index (κ1) is 14.2. The summed E-state index contributed by atoms with van der Waals surface area (Å²) in [7, 11) is -3.80. The predicted molar refractivity (Wildman–Crippen MR) is 67.0 cm³/mol. The van der Waals surface area contributed by atoms with Crippen LogP contribution >= 0.6 is 11.8 Å². The Labute approximate surface area is 102 Å². The van der Waals surface area contributed by atoms with Crippen molar-refractivity contribution in [1.82, 2.24) is 10.6 Å². The molecule has 0 aromatic rings. The van der Waals surface area contributed by atoms with E-state index in [0.717, 1.165) is 6.54 Å². The molecule has 1 rings (SSSR count). The van der Waals surface area contributed by atoms with Crippen molar-refractivity contribution in [2.24, 2.45) is 5.92 Å². The molecule has 0 aliphatic carbocycles. The molecule has 1 fully saturated rings. The van der Waals surface area contributed by atoms with Crippen LogP contribution in [0.2, 0.25) is 0 Å². The molecule has 0 spiro atoms. The molecule has 16 heavy (non-hydrogen) atoms. The van der Waals surface area contributed by atoms with Crippen molar-refractivity contribution >= 4 is 21.9 Å². The van der Waals surface area contributed by atoms with E-state index < -0.39 is 10.1 Å². The number of rotatable bonds is 5. The minimum absolute atomic E-state index is 0.154. The van der Waals surface area contributed by atoms with Crippen LogP contribution in [0.1, 0.15) is 20.3 Å². The van der Waals surface area contributed by atoms with Crippen molar-refractivity contribution in [1.29, 1.82) is 0 Å². The summed E-state index contributed by atoms with van der Waals surface area (Å²) >= 11 is 1.65. The van der Waals surface area contributed by atoms with E-state index in [1.165, 1.54) is 0 Å². The molecule has 0 amide bonds. The largest absolute Gasteiger partial charge is 0.293 e. The zero-order chi connectivity index (χ0) is 12.2. The monoisotopic (exact) mass is 268 g/mol. The molecule has 3 unspecified atom stereocenters. The summed E-state index contributed by atoms with van der Waals surface area (Å²) in [5, 5.41) is 6.74. The first-order valence-corrected chi connectivity index (χ1v) is 8.10. The number of nitrogens with one attached hydrogen (secondary N) is 2. The van der Waals surface area contributed by atoms with Crippen molar-refractivity contribution in [3.63, 3.8) is 0 Å². The van der Waals surface area contributed by atoms with Crippen molar-refractivity contribution in [2.45, 2.75) is 31.8 Å². The van der Waals surface area contributed by atoms with Gasteiger partial charge in [0.1, 0.15) is 5.50 Å². The zero-order valence-electron chi connectivity index (χ0n) is 9.64. The third-order valence-electron chi connectivity index (χ3n) is 2.72. The zero-order valence-corrected chi connectivity index (χ0v) is 11.3. The van der Waals surface area contributed by atoms with Crippen LogP contribution in [-0.2, 0) is 10.1 Å². The van der Waals surface area contributed by atoms with Crippen LogP contribution in [0.15, 0.2) is 0 Å². The lowest BCUT2D eigenvalue weighted by atomic mass is 10.0. The molecule has 0 radical (unpaired) electrons. The van der Waals surface area contributed by atoms with Crippen LogP contribution in [0.25, 0.3) is 0 Å². The van der Waals surface area contributed by atoms with Crippen LogP contribution < -0.4 is 10.6 Å². The van der Waals surface area contributed by atoms with E-state index in [0.29, 0.717) is 24.1 Å². The first-order chi connectivity index (χ1) is 7.38. The van der Waals surface area contributed by atoms with E-state index in [2.05, 4.69) is 24.5 Å². The fourth-order valence-corrected chi connectivity index (χ4v) is 3.24.